The van der Waals surface area contributed by atoms with Gasteiger partial charge < -0.3 is 9.64 Å². The number of unbranched alkanes of at least 4 members (excludes halogenated alkanes) is 1. The highest BCUT2D eigenvalue weighted by Gasteiger charge is 2.30. The molecule has 0 unspecified atom stereocenters. The summed E-state index contributed by atoms with van der Waals surface area (Å²) in [5, 5.41) is 22.3. The minimum absolute atomic E-state index is 0.159. The summed E-state index contributed by atoms with van der Waals surface area (Å²) in [6.07, 6.45) is 1.46. The van der Waals surface area contributed by atoms with Crippen molar-refractivity contribution in [2.75, 3.05) is 25.6 Å². The predicted octanol–water partition coefficient (Wildman–Crippen LogP) is 2.53. The highest BCUT2D eigenvalue weighted by atomic mass is 16.6. The van der Waals surface area contributed by atoms with Crippen molar-refractivity contribution in [1.29, 1.82) is 0 Å². The van der Waals surface area contributed by atoms with Crippen LogP contribution in [0.1, 0.15) is 30.1 Å². The summed E-state index contributed by atoms with van der Waals surface area (Å²) >= 11 is 0. The fraction of sp³-hybridized carbons (Fsp3) is 0.462. The highest BCUT2D eigenvalue weighted by molar-refractivity contribution is 5.94. The van der Waals surface area contributed by atoms with Crippen molar-refractivity contribution in [3.05, 3.63) is 37.9 Å². The second kappa shape index (κ2) is 7.34. The van der Waals surface area contributed by atoms with Gasteiger partial charge in [-0.2, -0.15) is 0 Å². The van der Waals surface area contributed by atoms with Crippen molar-refractivity contribution in [2.24, 2.45) is 0 Å². The molecule has 0 aliphatic rings. The van der Waals surface area contributed by atoms with Crippen molar-refractivity contribution in [3.8, 4) is 0 Å². The van der Waals surface area contributed by atoms with Crippen LogP contribution in [0.4, 0.5) is 17.1 Å². The summed E-state index contributed by atoms with van der Waals surface area (Å²) < 4.78 is 4.94. The molecule has 22 heavy (non-hydrogen) atoms. The van der Waals surface area contributed by atoms with E-state index in [1.165, 1.54) is 19.0 Å². The van der Waals surface area contributed by atoms with Gasteiger partial charge in [0.1, 0.15) is 0 Å². The molecular formula is C13H17N3O6. The Morgan fingerprint density at radius 2 is 1.68 bits per heavy atom. The van der Waals surface area contributed by atoms with Crippen LogP contribution in [0, 0.1) is 20.2 Å². The lowest BCUT2D eigenvalue weighted by Gasteiger charge is -2.13. The second-order valence-electron chi connectivity index (χ2n) is 4.76. The van der Waals surface area contributed by atoms with E-state index in [0.717, 1.165) is 18.6 Å². The lowest BCUT2D eigenvalue weighted by molar-refractivity contribution is -0.392. The summed E-state index contributed by atoms with van der Waals surface area (Å²) in [7, 11) is 2.91. The maximum Gasteiger partial charge on any atom is 0.338 e. The van der Waals surface area contributed by atoms with Crippen molar-refractivity contribution in [2.45, 2.75) is 19.8 Å². The Morgan fingerprint density at radius 3 is 2.05 bits per heavy atom. The Morgan fingerprint density at radius 1 is 1.18 bits per heavy atom. The maximum absolute atomic E-state index is 11.9. The average molecular weight is 311 g/mol. The smallest absolute Gasteiger partial charge is 0.338 e. The molecule has 0 spiro atoms. The molecule has 1 rings (SSSR count). The van der Waals surface area contributed by atoms with Crippen molar-refractivity contribution < 1.29 is 19.4 Å². The van der Waals surface area contributed by atoms with E-state index in [1.54, 1.807) is 0 Å². The first kappa shape index (κ1) is 17.3. The van der Waals surface area contributed by atoms with Crippen LogP contribution in [0.5, 0.6) is 0 Å². The molecule has 120 valence electrons. The summed E-state index contributed by atoms with van der Waals surface area (Å²) in [6, 6.07) is 1.99. The van der Waals surface area contributed by atoms with Crippen LogP contribution in [0.25, 0.3) is 0 Å². The Hall–Kier alpha value is -2.71. The van der Waals surface area contributed by atoms with E-state index in [9.17, 15) is 25.0 Å². The van der Waals surface area contributed by atoms with E-state index in [4.69, 9.17) is 4.74 Å². The van der Waals surface area contributed by atoms with Crippen LogP contribution < -0.4 is 4.90 Å². The number of carbonyl (C=O) groups excluding carboxylic acids is 1. The lowest BCUT2D eigenvalue weighted by atomic mass is 10.1. The van der Waals surface area contributed by atoms with E-state index < -0.39 is 27.2 Å². The van der Waals surface area contributed by atoms with Gasteiger partial charge in [-0.05, 0) is 6.42 Å². The fourth-order valence-electron chi connectivity index (χ4n) is 1.85. The third kappa shape index (κ3) is 3.90. The molecule has 9 nitrogen and oxygen atoms in total. The molecule has 0 bridgehead atoms. The zero-order chi connectivity index (χ0) is 16.9. The number of anilines is 1. The number of hydrogen-bond donors (Lipinski definition) is 0. The Labute approximate surface area is 126 Å². The summed E-state index contributed by atoms with van der Waals surface area (Å²) in [6.45, 7) is 2.07. The molecule has 0 aliphatic carbocycles. The number of rotatable bonds is 7. The van der Waals surface area contributed by atoms with E-state index in [-0.39, 0.29) is 17.9 Å². The van der Waals surface area contributed by atoms with E-state index in [2.05, 4.69) is 0 Å². The second-order valence-corrected chi connectivity index (χ2v) is 4.76. The number of nitro benzene ring substituents is 2. The zero-order valence-electron chi connectivity index (χ0n) is 12.6. The van der Waals surface area contributed by atoms with Gasteiger partial charge in [0, 0.05) is 26.2 Å². The Kier molecular flexibility index (Phi) is 5.79. The summed E-state index contributed by atoms with van der Waals surface area (Å²) in [5.74, 6) is -0.815. The molecule has 1 aromatic carbocycles. The lowest BCUT2D eigenvalue weighted by Crippen LogP contribution is -2.15. The SMILES string of the molecule is CCCCOC(=O)c1cc([N+](=O)[O-])c(N(C)C)c([N+](=O)[O-])c1. The molecule has 0 aromatic heterocycles. The number of benzene rings is 1. The first-order valence-corrected chi connectivity index (χ1v) is 6.60. The zero-order valence-corrected chi connectivity index (χ0v) is 12.6. The third-order valence-corrected chi connectivity index (χ3v) is 2.88. The van der Waals surface area contributed by atoms with Gasteiger partial charge in [-0.3, -0.25) is 20.2 Å². The fourth-order valence-corrected chi connectivity index (χ4v) is 1.85. The van der Waals surface area contributed by atoms with Gasteiger partial charge in [-0.1, -0.05) is 13.3 Å². The quantitative estimate of drug-likeness (QED) is 0.329. The van der Waals surface area contributed by atoms with E-state index >= 15 is 0 Å². The molecule has 0 N–H and O–H groups in total. The summed E-state index contributed by atoms with van der Waals surface area (Å²) in [5.41, 5.74) is -1.40. The predicted molar refractivity (Wildman–Crippen MR) is 79.3 cm³/mol. The minimum Gasteiger partial charge on any atom is -0.462 e. The molecule has 9 heteroatoms. The molecular weight excluding hydrogens is 294 g/mol. The molecule has 0 radical (unpaired) electrons. The van der Waals surface area contributed by atoms with Crippen molar-refractivity contribution in [1.82, 2.24) is 0 Å². The maximum atomic E-state index is 11.9. The van der Waals surface area contributed by atoms with Crippen LogP contribution in [0.2, 0.25) is 0 Å². The van der Waals surface area contributed by atoms with Crippen molar-refractivity contribution >= 4 is 23.0 Å². The third-order valence-electron chi connectivity index (χ3n) is 2.88. The molecule has 0 amide bonds. The van der Waals surface area contributed by atoms with Gasteiger partial charge in [0.25, 0.3) is 0 Å². The van der Waals surface area contributed by atoms with Crippen molar-refractivity contribution in [3.63, 3.8) is 0 Å². The molecule has 0 atom stereocenters. The van der Waals surface area contributed by atoms with Crippen LogP contribution in [0.3, 0.4) is 0 Å². The Balaban J connectivity index is 3.35. The van der Waals surface area contributed by atoms with E-state index in [0.29, 0.717) is 6.42 Å². The number of ether oxygens (including phenoxy) is 1. The first-order chi connectivity index (χ1) is 10.3. The summed E-state index contributed by atoms with van der Waals surface area (Å²) in [4.78, 5) is 33.9. The first-order valence-electron chi connectivity index (χ1n) is 6.60. The monoisotopic (exact) mass is 311 g/mol. The van der Waals surface area contributed by atoms with Crippen LogP contribution in [-0.4, -0.2) is 36.5 Å². The number of esters is 1. The topological polar surface area (TPSA) is 116 Å². The van der Waals surface area contributed by atoms with Gasteiger partial charge in [0.05, 0.1) is 22.0 Å². The molecule has 0 saturated heterocycles. The molecule has 0 heterocycles. The van der Waals surface area contributed by atoms with Crippen LogP contribution >= 0.6 is 0 Å². The standard InChI is InChI=1S/C13H17N3O6/c1-4-5-6-22-13(17)9-7-10(15(18)19)12(14(2)3)11(8-9)16(20)21/h7-8H,4-6H2,1-3H3. The normalized spacial score (nSPS) is 10.1. The molecule has 1 aromatic rings. The molecule has 0 aliphatic heterocycles. The largest absolute Gasteiger partial charge is 0.462 e. The van der Waals surface area contributed by atoms with Crippen LogP contribution in [0.15, 0.2) is 12.1 Å². The highest BCUT2D eigenvalue weighted by Crippen LogP contribution is 2.37. The average Bonchev–Trinajstić information content (AvgIpc) is 2.45. The van der Waals surface area contributed by atoms with Gasteiger partial charge in [0.15, 0.2) is 5.69 Å². The Bertz CT molecular complexity index is 564. The molecule has 0 saturated carbocycles. The molecule has 0 fully saturated rings. The number of nitro groups is 2. The van der Waals surface area contributed by atoms with Gasteiger partial charge in [-0.15, -0.1) is 0 Å². The number of hydrogen-bond acceptors (Lipinski definition) is 7. The van der Waals surface area contributed by atoms with Gasteiger partial charge in [-0.25, -0.2) is 4.79 Å². The minimum atomic E-state index is -0.815. The van der Waals surface area contributed by atoms with Gasteiger partial charge >= 0.3 is 17.3 Å². The van der Waals surface area contributed by atoms with Crippen LogP contribution in [-0.2, 0) is 4.74 Å². The number of nitrogens with zero attached hydrogens (tertiary/aromatic N) is 3. The van der Waals surface area contributed by atoms with E-state index in [1.807, 2.05) is 6.92 Å². The number of carbonyl (C=O) groups is 1. The van der Waals surface area contributed by atoms with Gasteiger partial charge in [0.2, 0.25) is 0 Å².